The number of aromatic hydroxyl groups is 1. The minimum Gasteiger partial charge on any atom is -0.508 e. The lowest BCUT2D eigenvalue weighted by Gasteiger charge is -2.31. The summed E-state index contributed by atoms with van der Waals surface area (Å²) < 4.78 is 28.2. The van der Waals surface area contributed by atoms with Crippen LogP contribution in [0.2, 0.25) is 0 Å². The molecule has 3 aromatic carbocycles. The third-order valence-corrected chi connectivity index (χ3v) is 6.45. The van der Waals surface area contributed by atoms with Crippen LogP contribution in [0.1, 0.15) is 16.7 Å². The lowest BCUT2D eigenvalue weighted by Crippen LogP contribution is -2.35. The average Bonchev–Trinajstić information content (AvgIpc) is 2.94. The predicted molar refractivity (Wildman–Crippen MR) is 141 cm³/mol. The number of ether oxygens (including phenoxy) is 5. The molecule has 3 aromatic rings. The van der Waals surface area contributed by atoms with E-state index in [9.17, 15) is 9.90 Å². The van der Waals surface area contributed by atoms with Gasteiger partial charge in [-0.3, -0.25) is 4.79 Å². The molecule has 1 amide bonds. The van der Waals surface area contributed by atoms with Crippen molar-refractivity contribution in [1.29, 1.82) is 0 Å². The van der Waals surface area contributed by atoms with Gasteiger partial charge in [-0.1, -0.05) is 12.1 Å². The Morgan fingerprint density at radius 1 is 0.838 bits per heavy atom. The molecule has 0 fully saturated rings. The van der Waals surface area contributed by atoms with Gasteiger partial charge in [0.1, 0.15) is 5.75 Å². The van der Waals surface area contributed by atoms with Gasteiger partial charge in [-0.25, -0.2) is 0 Å². The second-order valence-electron chi connectivity index (χ2n) is 8.47. The fourth-order valence-electron chi connectivity index (χ4n) is 4.59. The second kappa shape index (κ2) is 11.2. The third kappa shape index (κ3) is 5.14. The minimum atomic E-state index is -0.107. The SMILES string of the molecule is COc1cc(-c2c3c(cc(OC)c2OC)CCN(C(=O)/C=C/c2ccc(O)cc2)C3)cc(OC)c1OC. The number of nitrogens with zero attached hydrogens (tertiary/aromatic N) is 1. The van der Waals surface area contributed by atoms with E-state index in [1.54, 1.807) is 76.9 Å². The first-order chi connectivity index (χ1) is 17.9. The van der Waals surface area contributed by atoms with E-state index in [-0.39, 0.29) is 11.7 Å². The predicted octanol–water partition coefficient (Wildman–Crippen LogP) is 4.70. The van der Waals surface area contributed by atoms with Gasteiger partial charge in [-0.15, -0.1) is 0 Å². The molecular weight excluding hydrogens is 474 g/mol. The van der Waals surface area contributed by atoms with Crippen molar-refractivity contribution in [2.45, 2.75) is 13.0 Å². The molecule has 0 spiro atoms. The number of amides is 1. The van der Waals surface area contributed by atoms with E-state index in [0.29, 0.717) is 48.3 Å². The first kappa shape index (κ1) is 25.8. The average molecular weight is 506 g/mol. The number of phenolic OH excluding ortho intramolecular Hbond substituents is 1. The highest BCUT2D eigenvalue weighted by atomic mass is 16.5. The normalized spacial score (nSPS) is 12.7. The topological polar surface area (TPSA) is 86.7 Å². The monoisotopic (exact) mass is 505 g/mol. The van der Waals surface area contributed by atoms with Crippen LogP contribution in [0.25, 0.3) is 17.2 Å². The van der Waals surface area contributed by atoms with E-state index in [1.165, 1.54) is 0 Å². The van der Waals surface area contributed by atoms with Crippen LogP contribution in [0, 0.1) is 0 Å². The molecule has 0 unspecified atom stereocenters. The summed E-state index contributed by atoms with van der Waals surface area (Å²) in [6.45, 7) is 0.955. The lowest BCUT2D eigenvalue weighted by atomic mass is 9.89. The molecule has 0 radical (unpaired) electrons. The molecule has 37 heavy (non-hydrogen) atoms. The Labute approximate surface area is 216 Å². The van der Waals surface area contributed by atoms with Crippen LogP contribution in [-0.4, -0.2) is 58.0 Å². The summed E-state index contributed by atoms with van der Waals surface area (Å²) in [4.78, 5) is 14.9. The largest absolute Gasteiger partial charge is 0.508 e. The van der Waals surface area contributed by atoms with Crippen LogP contribution in [-0.2, 0) is 17.8 Å². The summed E-state index contributed by atoms with van der Waals surface area (Å²) in [5.41, 5.74) is 4.46. The Kier molecular flexibility index (Phi) is 7.77. The Balaban J connectivity index is 1.78. The van der Waals surface area contributed by atoms with Crippen LogP contribution in [0.15, 0.2) is 48.5 Å². The number of benzene rings is 3. The number of carbonyl (C=O) groups excluding carboxylic acids is 1. The molecule has 0 aromatic heterocycles. The molecule has 0 saturated heterocycles. The number of methoxy groups -OCH3 is 5. The fourth-order valence-corrected chi connectivity index (χ4v) is 4.59. The number of fused-ring (bicyclic) bond motifs is 1. The van der Waals surface area contributed by atoms with Crippen LogP contribution in [0.5, 0.6) is 34.5 Å². The maximum Gasteiger partial charge on any atom is 0.246 e. The molecule has 0 bridgehead atoms. The molecule has 1 aliphatic rings. The van der Waals surface area contributed by atoms with Crippen molar-refractivity contribution in [2.75, 3.05) is 42.1 Å². The zero-order valence-electron chi connectivity index (χ0n) is 21.7. The van der Waals surface area contributed by atoms with Gasteiger partial charge in [0, 0.05) is 24.7 Å². The highest BCUT2D eigenvalue weighted by Gasteiger charge is 2.28. The van der Waals surface area contributed by atoms with Crippen molar-refractivity contribution in [3.8, 4) is 45.6 Å². The Bertz CT molecular complexity index is 1290. The number of carbonyl (C=O) groups is 1. The number of rotatable bonds is 8. The van der Waals surface area contributed by atoms with E-state index in [0.717, 1.165) is 27.8 Å². The maximum atomic E-state index is 13.1. The zero-order valence-corrected chi connectivity index (χ0v) is 21.7. The molecule has 4 rings (SSSR count). The molecule has 1 heterocycles. The van der Waals surface area contributed by atoms with E-state index in [4.69, 9.17) is 23.7 Å². The molecule has 0 saturated carbocycles. The molecule has 1 aliphatic heterocycles. The van der Waals surface area contributed by atoms with Crippen molar-refractivity contribution in [3.05, 3.63) is 65.2 Å². The van der Waals surface area contributed by atoms with Crippen molar-refractivity contribution >= 4 is 12.0 Å². The Morgan fingerprint density at radius 2 is 1.43 bits per heavy atom. The minimum absolute atomic E-state index is 0.107. The molecule has 8 heteroatoms. The van der Waals surface area contributed by atoms with Gasteiger partial charge in [0.05, 0.1) is 35.5 Å². The van der Waals surface area contributed by atoms with Gasteiger partial charge in [-0.05, 0) is 65.1 Å². The van der Waals surface area contributed by atoms with Crippen LogP contribution in [0.3, 0.4) is 0 Å². The number of hydrogen-bond donors (Lipinski definition) is 1. The van der Waals surface area contributed by atoms with Gasteiger partial charge in [-0.2, -0.15) is 0 Å². The quantitative estimate of drug-likeness (QED) is 0.444. The van der Waals surface area contributed by atoms with Gasteiger partial charge in [0.25, 0.3) is 0 Å². The summed E-state index contributed by atoms with van der Waals surface area (Å²) in [6, 6.07) is 12.4. The lowest BCUT2D eigenvalue weighted by molar-refractivity contribution is -0.126. The Hall–Kier alpha value is -4.33. The number of phenols is 1. The third-order valence-electron chi connectivity index (χ3n) is 6.45. The Morgan fingerprint density at radius 3 is 2.00 bits per heavy atom. The van der Waals surface area contributed by atoms with Gasteiger partial charge in [0.15, 0.2) is 23.0 Å². The summed E-state index contributed by atoms with van der Waals surface area (Å²) in [5.74, 6) is 2.75. The van der Waals surface area contributed by atoms with Crippen molar-refractivity contribution in [1.82, 2.24) is 4.90 Å². The number of hydrogen-bond acceptors (Lipinski definition) is 7. The fraction of sp³-hybridized carbons (Fsp3) is 0.276. The van der Waals surface area contributed by atoms with Crippen molar-refractivity contribution < 1.29 is 33.6 Å². The van der Waals surface area contributed by atoms with E-state index in [2.05, 4.69) is 0 Å². The summed E-state index contributed by atoms with van der Waals surface area (Å²) in [6.07, 6.45) is 3.95. The summed E-state index contributed by atoms with van der Waals surface area (Å²) in [5, 5.41) is 9.49. The van der Waals surface area contributed by atoms with Gasteiger partial charge in [0.2, 0.25) is 11.7 Å². The second-order valence-corrected chi connectivity index (χ2v) is 8.47. The summed E-state index contributed by atoms with van der Waals surface area (Å²) in [7, 11) is 7.90. The molecule has 194 valence electrons. The van der Waals surface area contributed by atoms with E-state index < -0.39 is 0 Å². The van der Waals surface area contributed by atoms with Crippen LogP contribution in [0.4, 0.5) is 0 Å². The molecule has 8 nitrogen and oxygen atoms in total. The van der Waals surface area contributed by atoms with E-state index in [1.807, 2.05) is 18.2 Å². The zero-order chi connectivity index (χ0) is 26.5. The van der Waals surface area contributed by atoms with Gasteiger partial charge < -0.3 is 33.7 Å². The summed E-state index contributed by atoms with van der Waals surface area (Å²) >= 11 is 0. The van der Waals surface area contributed by atoms with Crippen molar-refractivity contribution in [3.63, 3.8) is 0 Å². The van der Waals surface area contributed by atoms with Gasteiger partial charge >= 0.3 is 0 Å². The maximum absolute atomic E-state index is 13.1. The first-order valence-electron chi connectivity index (χ1n) is 11.8. The molecule has 1 N–H and O–H groups in total. The first-order valence-corrected chi connectivity index (χ1v) is 11.8. The molecular formula is C29H31NO7. The van der Waals surface area contributed by atoms with E-state index >= 15 is 0 Å². The standard InChI is InChI=1S/C29H31NO7/c1-33-23-15-20(16-24(34-2)28(23)36-4)27-22-17-30(13-12-19(22)14-25(35-3)29(27)37-5)26(32)11-8-18-6-9-21(31)10-7-18/h6-11,14-16,31H,12-13,17H2,1-5H3/b11-8+. The van der Waals surface area contributed by atoms with Crippen LogP contribution >= 0.6 is 0 Å². The van der Waals surface area contributed by atoms with Crippen LogP contribution < -0.4 is 23.7 Å². The highest BCUT2D eigenvalue weighted by molar-refractivity contribution is 5.92. The highest BCUT2D eigenvalue weighted by Crippen LogP contribution is 2.48. The molecule has 0 atom stereocenters. The van der Waals surface area contributed by atoms with Crippen molar-refractivity contribution in [2.24, 2.45) is 0 Å². The smallest absolute Gasteiger partial charge is 0.246 e. The molecule has 0 aliphatic carbocycles.